The summed E-state index contributed by atoms with van der Waals surface area (Å²) in [5, 5.41) is 61.3. The molecule has 0 aromatic rings. The summed E-state index contributed by atoms with van der Waals surface area (Å²) in [6.07, 6.45) is 3.50. The molecule has 2 saturated heterocycles. The Morgan fingerprint density at radius 3 is 2.54 bits per heavy atom. The second-order valence-corrected chi connectivity index (χ2v) is 16.9. The maximum Gasteiger partial charge on any atom is 0.159 e. The van der Waals surface area contributed by atoms with Crippen LogP contribution in [-0.4, -0.2) is 99.0 Å². The second-order valence-electron chi connectivity index (χ2n) is 16.9. The Balaban J connectivity index is 1.23. The van der Waals surface area contributed by atoms with Crippen molar-refractivity contribution in [1.82, 2.24) is 5.32 Å². The quantitative estimate of drug-likeness (QED) is 0.196. The standard InChI is InChI=1S/C36H60N2O8/c1-19(2)20(3)30(42)32-35(43,10-12-39)31-28(46-32)18-36(44)23-15-25(40)24-16-27(45-13-8-21-7-11-38-29(37)14-21)26(41)17-33(24,4)22(23)6-9-34(31,36)5/h15,19-22,24,26-32,38-39,41-44H,6-14,16-18,37H2,1-5H3. The van der Waals surface area contributed by atoms with Crippen LogP contribution in [0.1, 0.15) is 92.4 Å². The van der Waals surface area contributed by atoms with Crippen molar-refractivity contribution in [3.63, 3.8) is 0 Å². The highest BCUT2D eigenvalue weighted by Gasteiger charge is 2.76. The number of rotatable bonds is 9. The molecule has 5 fully saturated rings. The molecule has 8 N–H and O–H groups in total. The van der Waals surface area contributed by atoms with Gasteiger partial charge in [0.05, 0.1) is 36.2 Å². The first-order valence-electron chi connectivity index (χ1n) is 18.0. The first kappa shape index (κ1) is 34.9. The monoisotopic (exact) mass is 648 g/mol. The number of piperidine rings is 1. The van der Waals surface area contributed by atoms with Gasteiger partial charge in [-0.05, 0) is 92.2 Å². The Morgan fingerprint density at radius 2 is 1.87 bits per heavy atom. The SMILES string of the molecule is CC(C)C(C)C(O)C1OC2CC3(O)C4=CC(=O)C5CC(OCCC6CCNC(N)C6)C(O)CC5(C)C4CCC3(C)C2C1(O)CCO. The maximum atomic E-state index is 14.0. The molecule has 4 aliphatic carbocycles. The van der Waals surface area contributed by atoms with Gasteiger partial charge in [-0.25, -0.2) is 0 Å². The fourth-order valence-electron chi connectivity index (χ4n) is 11.2. The molecule has 2 aliphatic heterocycles. The lowest BCUT2D eigenvalue weighted by molar-refractivity contribution is -0.185. The summed E-state index contributed by atoms with van der Waals surface area (Å²) in [4.78, 5) is 14.0. The van der Waals surface area contributed by atoms with Gasteiger partial charge < -0.3 is 46.1 Å². The fraction of sp³-hybridized carbons (Fsp3) is 0.917. The number of carbonyl (C=O) groups is 1. The highest BCUT2D eigenvalue weighted by molar-refractivity contribution is 5.95. The van der Waals surface area contributed by atoms with Crippen molar-refractivity contribution in [1.29, 1.82) is 0 Å². The van der Waals surface area contributed by atoms with Crippen LogP contribution in [0.25, 0.3) is 0 Å². The van der Waals surface area contributed by atoms with E-state index in [4.69, 9.17) is 15.2 Å². The van der Waals surface area contributed by atoms with Crippen molar-refractivity contribution in [2.75, 3.05) is 19.8 Å². The molecule has 0 amide bonds. The van der Waals surface area contributed by atoms with E-state index in [9.17, 15) is 30.3 Å². The third-order valence-corrected chi connectivity index (χ3v) is 14.3. The lowest BCUT2D eigenvalue weighted by Gasteiger charge is -2.60. The molecule has 0 radical (unpaired) electrons. The van der Waals surface area contributed by atoms with E-state index in [0.717, 1.165) is 25.8 Å². The van der Waals surface area contributed by atoms with E-state index in [-0.39, 0.29) is 55.1 Å². The third kappa shape index (κ3) is 5.28. The molecule has 6 rings (SSSR count). The van der Waals surface area contributed by atoms with Crippen LogP contribution < -0.4 is 11.1 Å². The van der Waals surface area contributed by atoms with Crippen LogP contribution in [0.3, 0.4) is 0 Å². The molecule has 0 aromatic heterocycles. The van der Waals surface area contributed by atoms with E-state index < -0.39 is 58.5 Å². The number of aliphatic hydroxyl groups is 5. The Morgan fingerprint density at radius 1 is 1.13 bits per heavy atom. The van der Waals surface area contributed by atoms with E-state index >= 15 is 0 Å². The van der Waals surface area contributed by atoms with Gasteiger partial charge in [-0.1, -0.05) is 34.6 Å². The molecule has 46 heavy (non-hydrogen) atoms. The molecule has 2 heterocycles. The Bertz CT molecular complexity index is 1180. The van der Waals surface area contributed by atoms with Gasteiger partial charge in [0.1, 0.15) is 11.7 Å². The van der Waals surface area contributed by atoms with E-state index in [1.54, 1.807) is 6.08 Å². The summed E-state index contributed by atoms with van der Waals surface area (Å²) >= 11 is 0. The summed E-state index contributed by atoms with van der Waals surface area (Å²) in [5.74, 6) is -0.454. The van der Waals surface area contributed by atoms with Crippen LogP contribution >= 0.6 is 0 Å². The molecule has 6 aliphatic rings. The number of nitrogens with two attached hydrogens (primary N) is 1. The van der Waals surface area contributed by atoms with Gasteiger partial charge in [0.15, 0.2) is 5.78 Å². The summed E-state index contributed by atoms with van der Waals surface area (Å²) < 4.78 is 12.8. The molecular weight excluding hydrogens is 588 g/mol. The van der Waals surface area contributed by atoms with Gasteiger partial charge in [-0.15, -0.1) is 0 Å². The number of carbonyl (C=O) groups excluding carboxylic acids is 1. The first-order chi connectivity index (χ1) is 21.6. The van der Waals surface area contributed by atoms with E-state index in [1.807, 2.05) is 27.7 Å². The second kappa shape index (κ2) is 12.4. The van der Waals surface area contributed by atoms with Gasteiger partial charge in [0.25, 0.3) is 0 Å². The zero-order valence-electron chi connectivity index (χ0n) is 28.5. The van der Waals surface area contributed by atoms with Crippen molar-refractivity contribution in [2.45, 2.75) is 140 Å². The maximum absolute atomic E-state index is 14.0. The highest BCUT2D eigenvalue weighted by atomic mass is 16.5. The number of fused-ring (bicyclic) bond motifs is 7. The van der Waals surface area contributed by atoms with Gasteiger partial charge in [0, 0.05) is 43.3 Å². The predicted octanol–water partition coefficient (Wildman–Crippen LogP) is 2.03. The third-order valence-electron chi connectivity index (χ3n) is 14.3. The van der Waals surface area contributed by atoms with E-state index in [2.05, 4.69) is 12.2 Å². The summed E-state index contributed by atoms with van der Waals surface area (Å²) in [7, 11) is 0. The van der Waals surface area contributed by atoms with Crippen LogP contribution in [0.4, 0.5) is 0 Å². The van der Waals surface area contributed by atoms with Gasteiger partial charge >= 0.3 is 0 Å². The average molecular weight is 649 g/mol. The van der Waals surface area contributed by atoms with Crippen molar-refractivity contribution in [3.8, 4) is 0 Å². The van der Waals surface area contributed by atoms with E-state index in [0.29, 0.717) is 43.8 Å². The van der Waals surface area contributed by atoms with Crippen LogP contribution in [-0.2, 0) is 14.3 Å². The fourth-order valence-corrected chi connectivity index (χ4v) is 11.2. The van der Waals surface area contributed by atoms with Crippen molar-refractivity contribution in [2.24, 2.45) is 52.1 Å². The zero-order valence-corrected chi connectivity index (χ0v) is 28.5. The molecule has 10 heteroatoms. The minimum Gasteiger partial charge on any atom is -0.396 e. The largest absolute Gasteiger partial charge is 0.396 e. The van der Waals surface area contributed by atoms with Crippen LogP contribution in [0.2, 0.25) is 0 Å². The molecular formula is C36H60N2O8. The number of ketones is 1. The Hall–Kier alpha value is -0.950. The molecule has 0 bridgehead atoms. The predicted molar refractivity (Wildman–Crippen MR) is 172 cm³/mol. The molecule has 262 valence electrons. The molecule has 10 nitrogen and oxygen atoms in total. The number of ether oxygens (including phenoxy) is 2. The molecule has 3 saturated carbocycles. The van der Waals surface area contributed by atoms with E-state index in [1.165, 1.54) is 0 Å². The van der Waals surface area contributed by atoms with Crippen LogP contribution in [0.5, 0.6) is 0 Å². The lowest BCUT2D eigenvalue weighted by atomic mass is 9.45. The topological polar surface area (TPSA) is 175 Å². The number of hydrogen-bond acceptors (Lipinski definition) is 10. The minimum absolute atomic E-state index is 0.0174. The normalized spacial score (nSPS) is 50.0. The Kier molecular flexibility index (Phi) is 9.43. The number of nitrogens with one attached hydrogen (secondary N) is 1. The number of hydrogen-bond donors (Lipinski definition) is 7. The van der Waals surface area contributed by atoms with Crippen molar-refractivity contribution >= 4 is 5.78 Å². The number of allylic oxidation sites excluding steroid dienone is 1. The molecule has 15 atom stereocenters. The van der Waals surface area contributed by atoms with Gasteiger partial charge in [-0.2, -0.15) is 0 Å². The summed E-state index contributed by atoms with van der Waals surface area (Å²) in [5.41, 5.74) is 2.47. The lowest BCUT2D eigenvalue weighted by Crippen LogP contribution is -2.64. The number of aliphatic hydroxyl groups excluding tert-OH is 3. The smallest absolute Gasteiger partial charge is 0.159 e. The zero-order chi connectivity index (χ0) is 33.4. The summed E-state index contributed by atoms with van der Waals surface area (Å²) in [6, 6.07) is 0. The minimum atomic E-state index is -1.54. The molecule has 0 aromatic carbocycles. The average Bonchev–Trinajstić information content (AvgIpc) is 3.40. The van der Waals surface area contributed by atoms with Gasteiger partial charge in [-0.3, -0.25) is 4.79 Å². The molecule has 15 unspecified atom stereocenters. The summed E-state index contributed by atoms with van der Waals surface area (Å²) in [6.45, 7) is 11.3. The highest BCUT2D eigenvalue weighted by Crippen LogP contribution is 2.71. The van der Waals surface area contributed by atoms with Crippen LogP contribution in [0.15, 0.2) is 11.6 Å². The Labute approximate surface area is 274 Å². The van der Waals surface area contributed by atoms with Crippen molar-refractivity contribution in [3.05, 3.63) is 11.6 Å². The van der Waals surface area contributed by atoms with Crippen molar-refractivity contribution < 1.29 is 39.8 Å². The first-order valence-corrected chi connectivity index (χ1v) is 18.0. The van der Waals surface area contributed by atoms with Crippen LogP contribution in [0, 0.1) is 46.3 Å². The van der Waals surface area contributed by atoms with Gasteiger partial charge in [0.2, 0.25) is 0 Å². The molecule has 0 spiro atoms.